The number of quaternary nitrogens is 1. The molecule has 3 N–H and O–H groups in total. The SMILES string of the molecule is CC[NH+](CC(=O)Nc1ccc(OCc2ccccc2)cc1)CC(=O)NC(C)C. The summed E-state index contributed by atoms with van der Waals surface area (Å²) in [5, 5.41) is 5.73. The van der Waals surface area contributed by atoms with Gasteiger partial charge in [0.15, 0.2) is 13.1 Å². The zero-order valence-corrected chi connectivity index (χ0v) is 16.8. The summed E-state index contributed by atoms with van der Waals surface area (Å²) in [6, 6.07) is 17.3. The van der Waals surface area contributed by atoms with Crippen LogP contribution in [0, 0.1) is 0 Å². The van der Waals surface area contributed by atoms with Gasteiger partial charge in [0.25, 0.3) is 11.8 Å². The van der Waals surface area contributed by atoms with E-state index in [0.717, 1.165) is 16.2 Å². The maximum atomic E-state index is 12.3. The Labute approximate surface area is 166 Å². The quantitative estimate of drug-likeness (QED) is 0.583. The van der Waals surface area contributed by atoms with Crippen LogP contribution in [0.4, 0.5) is 5.69 Å². The molecule has 0 spiro atoms. The minimum atomic E-state index is -0.118. The van der Waals surface area contributed by atoms with Crippen molar-refractivity contribution in [1.82, 2.24) is 5.32 Å². The van der Waals surface area contributed by atoms with E-state index < -0.39 is 0 Å². The molecule has 6 nitrogen and oxygen atoms in total. The fraction of sp³-hybridized carbons (Fsp3) is 0.364. The lowest BCUT2D eigenvalue weighted by molar-refractivity contribution is -0.881. The molecule has 2 amide bonds. The summed E-state index contributed by atoms with van der Waals surface area (Å²) in [6.45, 7) is 7.53. The molecule has 0 saturated carbocycles. The van der Waals surface area contributed by atoms with Gasteiger partial charge in [0.1, 0.15) is 12.4 Å². The Morgan fingerprint density at radius 2 is 1.61 bits per heavy atom. The summed E-state index contributed by atoms with van der Waals surface area (Å²) in [7, 11) is 0. The number of rotatable bonds is 10. The molecule has 28 heavy (non-hydrogen) atoms. The monoisotopic (exact) mass is 384 g/mol. The predicted molar refractivity (Wildman–Crippen MR) is 110 cm³/mol. The number of benzene rings is 2. The molecular formula is C22H30N3O3+. The first-order valence-electron chi connectivity index (χ1n) is 9.65. The lowest BCUT2D eigenvalue weighted by Crippen LogP contribution is -3.14. The van der Waals surface area contributed by atoms with Crippen LogP contribution in [0.1, 0.15) is 26.3 Å². The van der Waals surface area contributed by atoms with E-state index in [2.05, 4.69) is 10.6 Å². The molecule has 0 radical (unpaired) electrons. The molecule has 2 rings (SSSR count). The van der Waals surface area contributed by atoms with Crippen molar-refractivity contribution in [1.29, 1.82) is 0 Å². The second kappa shape index (κ2) is 11.1. The highest BCUT2D eigenvalue weighted by Gasteiger charge is 2.17. The Morgan fingerprint density at radius 1 is 0.964 bits per heavy atom. The van der Waals surface area contributed by atoms with Gasteiger partial charge < -0.3 is 20.3 Å². The van der Waals surface area contributed by atoms with Crippen LogP contribution in [-0.2, 0) is 16.2 Å². The zero-order valence-electron chi connectivity index (χ0n) is 16.8. The van der Waals surface area contributed by atoms with Crippen molar-refractivity contribution in [3.63, 3.8) is 0 Å². The highest BCUT2D eigenvalue weighted by molar-refractivity contribution is 5.91. The van der Waals surface area contributed by atoms with Crippen molar-refractivity contribution >= 4 is 17.5 Å². The van der Waals surface area contributed by atoms with Crippen molar-refractivity contribution in [3.8, 4) is 5.75 Å². The lowest BCUT2D eigenvalue weighted by atomic mass is 10.2. The van der Waals surface area contributed by atoms with Gasteiger partial charge in [-0.2, -0.15) is 0 Å². The third-order valence-electron chi connectivity index (χ3n) is 4.16. The van der Waals surface area contributed by atoms with Crippen molar-refractivity contribution < 1.29 is 19.2 Å². The van der Waals surface area contributed by atoms with E-state index in [1.807, 2.05) is 75.4 Å². The van der Waals surface area contributed by atoms with Gasteiger partial charge in [-0.1, -0.05) is 30.3 Å². The molecule has 1 unspecified atom stereocenters. The van der Waals surface area contributed by atoms with Gasteiger partial charge in [-0.15, -0.1) is 0 Å². The van der Waals surface area contributed by atoms with Crippen LogP contribution in [0.3, 0.4) is 0 Å². The minimum absolute atomic E-state index is 0.0421. The molecule has 0 aliphatic rings. The first kappa shape index (κ1) is 21.4. The molecule has 2 aromatic rings. The number of amides is 2. The fourth-order valence-electron chi connectivity index (χ4n) is 2.72. The Balaban J connectivity index is 1.80. The smallest absolute Gasteiger partial charge is 0.279 e. The van der Waals surface area contributed by atoms with Crippen molar-refractivity contribution in [2.75, 3.05) is 25.0 Å². The van der Waals surface area contributed by atoms with Gasteiger partial charge in [-0.3, -0.25) is 9.59 Å². The number of hydrogen-bond acceptors (Lipinski definition) is 3. The Kier molecular flexibility index (Phi) is 8.49. The average Bonchev–Trinajstić information content (AvgIpc) is 2.67. The van der Waals surface area contributed by atoms with Crippen molar-refractivity contribution in [2.24, 2.45) is 0 Å². The number of nitrogens with one attached hydrogen (secondary N) is 3. The summed E-state index contributed by atoms with van der Waals surface area (Å²) in [4.78, 5) is 25.1. The number of carbonyl (C=O) groups is 2. The van der Waals surface area contributed by atoms with Crippen LogP contribution in [0.2, 0.25) is 0 Å². The third kappa shape index (κ3) is 7.80. The van der Waals surface area contributed by atoms with E-state index in [1.165, 1.54) is 0 Å². The molecule has 0 heterocycles. The van der Waals surface area contributed by atoms with Crippen LogP contribution < -0.4 is 20.3 Å². The van der Waals surface area contributed by atoms with Crippen LogP contribution in [0.15, 0.2) is 54.6 Å². The average molecular weight is 385 g/mol. The van der Waals surface area contributed by atoms with Crippen LogP contribution in [-0.4, -0.2) is 37.5 Å². The van der Waals surface area contributed by atoms with E-state index in [-0.39, 0.29) is 30.9 Å². The first-order valence-corrected chi connectivity index (χ1v) is 9.65. The number of carbonyl (C=O) groups excluding carboxylic acids is 2. The molecule has 1 atom stereocenters. The Hall–Kier alpha value is -2.86. The van der Waals surface area contributed by atoms with E-state index >= 15 is 0 Å². The van der Waals surface area contributed by atoms with Gasteiger partial charge in [0, 0.05) is 11.7 Å². The van der Waals surface area contributed by atoms with Crippen LogP contribution in [0.25, 0.3) is 0 Å². The standard InChI is InChI=1S/C22H29N3O3/c1-4-25(14-21(26)23-17(2)3)15-22(27)24-19-10-12-20(13-11-19)28-16-18-8-6-5-7-9-18/h5-13,17H,4,14-16H2,1-3H3,(H,23,26)(H,24,27)/p+1. The molecule has 6 heteroatoms. The van der Waals surface area contributed by atoms with E-state index in [4.69, 9.17) is 4.74 Å². The van der Waals surface area contributed by atoms with Gasteiger partial charge >= 0.3 is 0 Å². The molecule has 0 aliphatic carbocycles. The molecule has 2 aromatic carbocycles. The van der Waals surface area contributed by atoms with Crippen molar-refractivity contribution in [2.45, 2.75) is 33.4 Å². The van der Waals surface area contributed by atoms with Gasteiger partial charge in [0.05, 0.1) is 6.54 Å². The summed E-state index contributed by atoms with van der Waals surface area (Å²) in [5.41, 5.74) is 1.81. The molecule has 0 aliphatic heterocycles. The number of anilines is 1. The largest absolute Gasteiger partial charge is 0.489 e. The molecule has 0 fully saturated rings. The fourth-order valence-corrected chi connectivity index (χ4v) is 2.72. The van der Waals surface area contributed by atoms with E-state index in [9.17, 15) is 9.59 Å². The second-order valence-electron chi connectivity index (χ2n) is 7.03. The third-order valence-corrected chi connectivity index (χ3v) is 4.16. The summed E-state index contributed by atoms with van der Waals surface area (Å²) >= 11 is 0. The molecule has 0 saturated heterocycles. The minimum Gasteiger partial charge on any atom is -0.489 e. The highest BCUT2D eigenvalue weighted by Crippen LogP contribution is 2.17. The highest BCUT2D eigenvalue weighted by atomic mass is 16.5. The summed E-state index contributed by atoms with van der Waals surface area (Å²) in [6.07, 6.45) is 0. The Bertz CT molecular complexity index is 745. The zero-order chi connectivity index (χ0) is 20.4. The molecular weight excluding hydrogens is 354 g/mol. The van der Waals surface area contributed by atoms with E-state index in [0.29, 0.717) is 18.8 Å². The lowest BCUT2D eigenvalue weighted by Gasteiger charge is -2.18. The summed E-state index contributed by atoms with van der Waals surface area (Å²) < 4.78 is 5.75. The maximum absolute atomic E-state index is 12.3. The van der Waals surface area contributed by atoms with Crippen LogP contribution >= 0.6 is 0 Å². The number of hydrogen-bond donors (Lipinski definition) is 3. The topological polar surface area (TPSA) is 71.9 Å². The van der Waals surface area contributed by atoms with Crippen molar-refractivity contribution in [3.05, 3.63) is 60.2 Å². The molecule has 150 valence electrons. The maximum Gasteiger partial charge on any atom is 0.279 e. The second-order valence-corrected chi connectivity index (χ2v) is 7.03. The summed E-state index contributed by atoms with van der Waals surface area (Å²) in [5.74, 6) is 0.583. The number of likely N-dealkylation sites (N-methyl/N-ethyl adjacent to an activating group) is 1. The Morgan fingerprint density at radius 3 is 2.21 bits per heavy atom. The normalized spacial score (nSPS) is 11.7. The molecule has 0 aromatic heterocycles. The van der Waals surface area contributed by atoms with Gasteiger partial charge in [0.2, 0.25) is 0 Å². The number of ether oxygens (including phenoxy) is 1. The predicted octanol–water partition coefficient (Wildman–Crippen LogP) is 1.63. The molecule has 0 bridgehead atoms. The first-order chi connectivity index (χ1) is 13.5. The van der Waals surface area contributed by atoms with Gasteiger partial charge in [-0.05, 0) is 50.6 Å². The van der Waals surface area contributed by atoms with E-state index in [1.54, 1.807) is 0 Å². The van der Waals surface area contributed by atoms with Crippen LogP contribution in [0.5, 0.6) is 5.75 Å². The van der Waals surface area contributed by atoms with Gasteiger partial charge in [-0.25, -0.2) is 0 Å².